The van der Waals surface area contributed by atoms with E-state index in [9.17, 15) is 9.59 Å². The maximum absolute atomic E-state index is 13.8. The van der Waals surface area contributed by atoms with E-state index in [1.165, 1.54) is 6.20 Å². The molecule has 2 N–H and O–H groups in total. The van der Waals surface area contributed by atoms with E-state index in [2.05, 4.69) is 38.0 Å². The third kappa shape index (κ3) is 5.27. The first-order valence-electron chi connectivity index (χ1n) is 11.2. The molecule has 0 fully saturated rings. The molecule has 34 heavy (non-hydrogen) atoms. The van der Waals surface area contributed by atoms with Crippen molar-refractivity contribution in [2.45, 2.75) is 58.9 Å². The molecule has 3 aromatic rings. The number of aromatic nitrogens is 1. The van der Waals surface area contributed by atoms with E-state index in [-0.39, 0.29) is 33.3 Å². The van der Waals surface area contributed by atoms with E-state index in [1.807, 2.05) is 50.2 Å². The molecule has 0 spiro atoms. The van der Waals surface area contributed by atoms with Gasteiger partial charge in [0.15, 0.2) is 0 Å². The van der Waals surface area contributed by atoms with Gasteiger partial charge in [-0.25, -0.2) is 0 Å². The molecule has 0 aliphatic heterocycles. The summed E-state index contributed by atoms with van der Waals surface area (Å²) in [7, 11) is 0. The Labute approximate surface area is 226 Å². The summed E-state index contributed by atoms with van der Waals surface area (Å²) in [4.78, 5) is 29.3. The predicted octanol–water partition coefficient (Wildman–Crippen LogP) is 6.43. The van der Waals surface area contributed by atoms with Crippen LogP contribution in [0, 0.1) is 0 Å². The van der Waals surface area contributed by atoms with Crippen molar-refractivity contribution in [1.29, 1.82) is 0 Å². The Morgan fingerprint density at radius 1 is 0.971 bits per heavy atom. The van der Waals surface area contributed by atoms with Crippen molar-refractivity contribution in [2.24, 2.45) is 0 Å². The van der Waals surface area contributed by atoms with Gasteiger partial charge >= 0.3 is 227 Å². The number of carbonyl (C=O) groups excluding carboxylic acids is 1. The van der Waals surface area contributed by atoms with Crippen molar-refractivity contribution in [3.8, 4) is 11.1 Å². The van der Waals surface area contributed by atoms with Crippen LogP contribution in [0.1, 0.15) is 80.4 Å². The third-order valence-corrected chi connectivity index (χ3v) is 8.28. The number of benzene rings is 2. The average Bonchev–Trinajstić information content (AvgIpc) is 2.76. The van der Waals surface area contributed by atoms with Gasteiger partial charge in [0.05, 0.1) is 0 Å². The first kappa shape index (κ1) is 26.9. The first-order chi connectivity index (χ1) is 15.9. The number of nitrogens with one attached hydrogen (secondary N) is 2. The van der Waals surface area contributed by atoms with E-state index in [0.717, 1.165) is 31.1 Å². The van der Waals surface area contributed by atoms with Crippen molar-refractivity contribution < 1.29 is 29.2 Å². The van der Waals surface area contributed by atoms with Crippen LogP contribution in [-0.2, 0) is 29.9 Å². The Morgan fingerprint density at radius 2 is 1.53 bits per heavy atom. The van der Waals surface area contributed by atoms with Crippen LogP contribution >= 0.6 is 23.2 Å². The van der Waals surface area contributed by atoms with Gasteiger partial charge in [0, 0.05) is 0 Å². The third-order valence-electron chi connectivity index (χ3n) is 6.00. The fourth-order valence-electron chi connectivity index (χ4n) is 4.28. The molecule has 0 aliphatic rings. The van der Waals surface area contributed by atoms with Gasteiger partial charge in [-0.2, -0.15) is 0 Å². The number of carbonyl (C=O) groups is 1. The summed E-state index contributed by atoms with van der Waals surface area (Å²) in [6.07, 6.45) is 1.40. The van der Waals surface area contributed by atoms with Gasteiger partial charge < -0.3 is 0 Å². The topological polar surface area (TPSA) is 62.0 Å². The first-order valence-corrected chi connectivity index (χ1v) is 13.8. The number of aromatic amines is 1. The molecule has 1 amide bonds. The van der Waals surface area contributed by atoms with E-state index < -0.39 is 5.54 Å². The van der Waals surface area contributed by atoms with Crippen molar-refractivity contribution in [3.05, 3.63) is 85.2 Å². The van der Waals surface area contributed by atoms with Gasteiger partial charge in [0.25, 0.3) is 0 Å². The number of rotatable bonds is 6. The van der Waals surface area contributed by atoms with Crippen LogP contribution in [0.5, 0.6) is 0 Å². The monoisotopic (exact) mass is 663 g/mol. The summed E-state index contributed by atoms with van der Waals surface area (Å²) in [6, 6.07) is 11.9. The quantitative estimate of drug-likeness (QED) is 0.299. The summed E-state index contributed by atoms with van der Waals surface area (Å²) in [6.45, 7) is 12.3. The standard InChI is InChI=1S/C27H29Cl2N2O2.Hf/c1-15(2)17-11-9-12-18(16(3)4)22(17)26(33)31-27(5,6)20-13-8-7-10-19(20)23-24(29)21(28)14-30-25(23)32;/h7-9,11-16H,1-6H3,(H,30,32)(H,31,33);. The van der Waals surface area contributed by atoms with E-state index in [0.29, 0.717) is 29.9 Å². The normalized spacial score (nSPS) is 11.8. The van der Waals surface area contributed by atoms with Crippen molar-refractivity contribution >= 4 is 32.4 Å². The van der Waals surface area contributed by atoms with Gasteiger partial charge in [0.1, 0.15) is 0 Å². The van der Waals surface area contributed by atoms with Crippen LogP contribution < -0.4 is 14.2 Å². The van der Waals surface area contributed by atoms with Gasteiger partial charge in [0.2, 0.25) is 0 Å². The summed E-state index contributed by atoms with van der Waals surface area (Å²) in [5.41, 5.74) is 3.55. The molecule has 0 bridgehead atoms. The molecule has 0 atom stereocenters. The molecule has 2 aromatic carbocycles. The average molecular weight is 663 g/mol. The van der Waals surface area contributed by atoms with Crippen LogP contribution in [0.15, 0.2) is 47.4 Å². The molecule has 4 nitrogen and oxygen atoms in total. The molecule has 177 valence electrons. The SMILES string of the molecule is CC(C)c1cccc(C(C)C)c1C(=O)NC(C)(C)c1ccc[c]([Hf])c1-c1c(Cl)c(Cl)c[nH]c1=O. The molecule has 3 rings (SSSR count). The fraction of sp³-hybridized carbons (Fsp3) is 0.333. The molecule has 0 radical (unpaired) electrons. The Bertz CT molecular complexity index is 1270. The second kappa shape index (κ2) is 10.5. The molecule has 0 saturated carbocycles. The molecular formula is C27H29Cl2HfN2O2. The number of hydrogen-bond donors (Lipinski definition) is 2. The minimum absolute atomic E-state index is 0.131. The van der Waals surface area contributed by atoms with Crippen LogP contribution in [0.2, 0.25) is 10.0 Å². The summed E-state index contributed by atoms with van der Waals surface area (Å²) in [5, 5.41) is 3.75. The molecule has 1 aromatic heterocycles. The minimum atomic E-state index is -0.788. The zero-order valence-electron chi connectivity index (χ0n) is 20.3. The maximum atomic E-state index is 13.8. The summed E-state index contributed by atoms with van der Waals surface area (Å²) in [5.74, 6) is 0.271. The van der Waals surface area contributed by atoms with Crippen LogP contribution in [0.3, 0.4) is 0 Å². The Morgan fingerprint density at radius 3 is 2.09 bits per heavy atom. The van der Waals surface area contributed by atoms with E-state index in [1.54, 1.807) is 0 Å². The second-order valence-corrected chi connectivity index (χ2v) is 12.3. The molecule has 0 saturated heterocycles. The molecule has 0 unspecified atom stereocenters. The van der Waals surface area contributed by atoms with Crippen molar-refractivity contribution in [3.63, 3.8) is 0 Å². The zero-order valence-corrected chi connectivity index (χ0v) is 25.4. The Hall–Kier alpha value is -1.69. The predicted molar refractivity (Wildman–Crippen MR) is 137 cm³/mol. The van der Waals surface area contributed by atoms with Gasteiger partial charge in [-0.3, -0.25) is 0 Å². The Kier molecular flexibility index (Phi) is 8.32. The Balaban J connectivity index is 2.17. The van der Waals surface area contributed by atoms with Crippen LogP contribution in [0.25, 0.3) is 11.1 Å². The number of hydrogen-bond acceptors (Lipinski definition) is 2. The number of halogens is 2. The molecule has 0 aliphatic carbocycles. The van der Waals surface area contributed by atoms with Crippen LogP contribution in [0.4, 0.5) is 0 Å². The molecule has 1 heterocycles. The van der Waals surface area contributed by atoms with Crippen molar-refractivity contribution in [1.82, 2.24) is 10.3 Å². The number of pyridine rings is 1. The molecular weight excluding hydrogens is 634 g/mol. The van der Waals surface area contributed by atoms with E-state index in [4.69, 9.17) is 23.2 Å². The summed E-state index contributed by atoms with van der Waals surface area (Å²) < 4.78 is 1.000. The van der Waals surface area contributed by atoms with Gasteiger partial charge in [-0.1, -0.05) is 0 Å². The summed E-state index contributed by atoms with van der Waals surface area (Å²) >= 11 is 13.5. The second-order valence-electron chi connectivity index (χ2n) is 9.58. The number of H-pyrrole nitrogens is 1. The van der Waals surface area contributed by atoms with E-state index >= 15 is 0 Å². The fourth-order valence-corrected chi connectivity index (χ4v) is 5.94. The van der Waals surface area contributed by atoms with Gasteiger partial charge in [-0.15, -0.1) is 0 Å². The van der Waals surface area contributed by atoms with Crippen LogP contribution in [-0.4, -0.2) is 10.9 Å². The molecule has 7 heteroatoms. The van der Waals surface area contributed by atoms with Crippen molar-refractivity contribution in [2.75, 3.05) is 0 Å². The number of amides is 1. The van der Waals surface area contributed by atoms with Gasteiger partial charge in [-0.05, 0) is 0 Å². The zero-order chi connectivity index (χ0) is 25.4.